The van der Waals surface area contributed by atoms with Crippen molar-refractivity contribution in [1.29, 1.82) is 0 Å². The van der Waals surface area contributed by atoms with E-state index < -0.39 is 5.91 Å². The number of rotatable bonds is 3. The van der Waals surface area contributed by atoms with Gasteiger partial charge in [0, 0.05) is 34.9 Å². The molecule has 0 fully saturated rings. The number of hydrogen-bond donors (Lipinski definition) is 0. The Kier molecular flexibility index (Phi) is 5.40. The summed E-state index contributed by atoms with van der Waals surface area (Å²) in [6.07, 6.45) is 1.63. The first-order valence-electron chi connectivity index (χ1n) is 11.3. The maximum absolute atomic E-state index is 13.3. The number of thiophene rings is 1. The highest BCUT2D eigenvalue weighted by molar-refractivity contribution is 7.14. The number of aryl methyl sites for hydroxylation is 2. The summed E-state index contributed by atoms with van der Waals surface area (Å²) in [6, 6.07) is 9.70. The van der Waals surface area contributed by atoms with Gasteiger partial charge < -0.3 is 4.90 Å². The van der Waals surface area contributed by atoms with Crippen LogP contribution >= 0.6 is 11.3 Å². The lowest BCUT2D eigenvalue weighted by molar-refractivity contribution is -0.112. The van der Waals surface area contributed by atoms with E-state index in [1.54, 1.807) is 28.2 Å². The number of anilines is 1. The van der Waals surface area contributed by atoms with Crippen LogP contribution in [0.4, 0.5) is 11.5 Å². The van der Waals surface area contributed by atoms with Gasteiger partial charge in [-0.1, -0.05) is 32.9 Å². The second kappa shape index (κ2) is 8.20. The summed E-state index contributed by atoms with van der Waals surface area (Å²) < 4.78 is 1.70. The van der Waals surface area contributed by atoms with E-state index in [0.717, 1.165) is 32.9 Å². The van der Waals surface area contributed by atoms with E-state index in [1.807, 2.05) is 44.0 Å². The third kappa shape index (κ3) is 4.05. The van der Waals surface area contributed by atoms with Crippen LogP contribution in [0.1, 0.15) is 57.7 Å². The quantitative estimate of drug-likeness (QED) is 0.478. The van der Waals surface area contributed by atoms with Gasteiger partial charge in [0.15, 0.2) is 5.82 Å². The minimum atomic E-state index is -0.514. The number of carbonyl (C=O) groups is 2. The van der Waals surface area contributed by atoms with E-state index in [0.29, 0.717) is 18.1 Å². The van der Waals surface area contributed by atoms with E-state index in [9.17, 15) is 9.59 Å². The van der Waals surface area contributed by atoms with Gasteiger partial charge in [0.2, 0.25) is 0 Å². The second-order valence-electron chi connectivity index (χ2n) is 9.86. The standard InChI is InChI=1S/C26H26N6O2S/c1-14-10-22(30-31(14)6)27-19-12-18(28-29-24(19)33)17-8-7-9-20(15(17)2)32-13-16-11-21(26(3,4)5)35-23(16)25(32)34/h7-12H,13H2,1-6H3. The van der Waals surface area contributed by atoms with Crippen LogP contribution in [0.3, 0.4) is 0 Å². The predicted molar refractivity (Wildman–Crippen MR) is 138 cm³/mol. The molecular formula is C26H26N6O2S. The fourth-order valence-corrected chi connectivity index (χ4v) is 5.33. The summed E-state index contributed by atoms with van der Waals surface area (Å²) in [7, 11) is 1.82. The van der Waals surface area contributed by atoms with Gasteiger partial charge >= 0.3 is 5.91 Å². The molecule has 0 bridgehead atoms. The Labute approximate surface area is 207 Å². The first-order valence-corrected chi connectivity index (χ1v) is 12.2. The molecule has 8 nitrogen and oxygen atoms in total. The molecule has 9 heteroatoms. The molecule has 0 saturated heterocycles. The van der Waals surface area contributed by atoms with Crippen LogP contribution in [0.5, 0.6) is 0 Å². The predicted octanol–water partition coefficient (Wildman–Crippen LogP) is 5.66. The lowest BCUT2D eigenvalue weighted by Crippen LogP contribution is -2.24. The number of carbonyl (C=O) groups excluding carboxylic acids is 2. The van der Waals surface area contributed by atoms with E-state index >= 15 is 0 Å². The molecule has 3 aromatic rings. The van der Waals surface area contributed by atoms with Gasteiger partial charge in [0.05, 0.1) is 17.1 Å². The van der Waals surface area contributed by atoms with Crippen LogP contribution in [-0.4, -0.2) is 27.3 Å². The Balaban J connectivity index is 1.48. The topological polar surface area (TPSA) is 92.3 Å². The van der Waals surface area contributed by atoms with E-state index in [2.05, 4.69) is 47.2 Å². The van der Waals surface area contributed by atoms with Crippen LogP contribution < -0.4 is 4.90 Å². The zero-order valence-corrected chi connectivity index (χ0v) is 21.4. The van der Waals surface area contributed by atoms with Crippen LogP contribution in [0, 0.1) is 13.8 Å². The van der Waals surface area contributed by atoms with Gasteiger partial charge in [-0.2, -0.15) is 5.10 Å². The van der Waals surface area contributed by atoms with E-state index in [1.165, 1.54) is 4.88 Å². The van der Waals surface area contributed by atoms with Crippen LogP contribution in [0.2, 0.25) is 0 Å². The molecule has 2 aliphatic rings. The van der Waals surface area contributed by atoms with Crippen molar-refractivity contribution in [3.63, 3.8) is 0 Å². The molecule has 0 radical (unpaired) electrons. The summed E-state index contributed by atoms with van der Waals surface area (Å²) in [5.74, 6) is -0.0578. The summed E-state index contributed by atoms with van der Waals surface area (Å²) >= 11 is 1.58. The number of amides is 2. The average molecular weight is 487 g/mol. The number of hydrogen-bond acceptors (Lipinski definition) is 6. The highest BCUT2D eigenvalue weighted by Gasteiger charge is 2.34. The minimum absolute atomic E-state index is 0.0130. The molecule has 2 aromatic heterocycles. The molecule has 4 heterocycles. The number of benzene rings is 1. The zero-order chi connectivity index (χ0) is 25.1. The van der Waals surface area contributed by atoms with Crippen molar-refractivity contribution in [3.05, 3.63) is 68.5 Å². The Hall–Kier alpha value is -3.72. The van der Waals surface area contributed by atoms with Gasteiger partial charge in [-0.15, -0.1) is 21.6 Å². The maximum atomic E-state index is 13.3. The summed E-state index contributed by atoms with van der Waals surface area (Å²) in [6.45, 7) is 10.9. The Morgan fingerprint density at radius 2 is 1.86 bits per heavy atom. The minimum Gasteiger partial charge on any atom is -0.303 e. The number of fused-ring (bicyclic) bond motifs is 1. The normalized spacial score (nSPS) is 16.9. The van der Waals surface area contributed by atoms with Crippen molar-refractivity contribution in [3.8, 4) is 0 Å². The Morgan fingerprint density at radius 1 is 1.09 bits per heavy atom. The number of aromatic nitrogens is 2. The summed E-state index contributed by atoms with van der Waals surface area (Å²) in [5, 5.41) is 12.2. The van der Waals surface area contributed by atoms with Crippen LogP contribution in [-0.2, 0) is 23.8 Å². The molecule has 1 aromatic carbocycles. The first kappa shape index (κ1) is 23.0. The van der Waals surface area contributed by atoms with Crippen LogP contribution in [0.15, 0.2) is 51.6 Å². The van der Waals surface area contributed by atoms with Crippen molar-refractivity contribution in [2.75, 3.05) is 4.90 Å². The fraction of sp³-hybridized carbons (Fsp3) is 0.308. The first-order chi connectivity index (χ1) is 16.5. The molecule has 0 unspecified atom stereocenters. The van der Waals surface area contributed by atoms with Crippen molar-refractivity contribution >= 4 is 46.1 Å². The van der Waals surface area contributed by atoms with E-state index in [4.69, 9.17) is 0 Å². The van der Waals surface area contributed by atoms with Crippen LogP contribution in [0.25, 0.3) is 5.70 Å². The molecular weight excluding hydrogens is 460 g/mol. The largest absolute Gasteiger partial charge is 0.314 e. The molecule has 0 saturated carbocycles. The molecule has 5 rings (SSSR count). The van der Waals surface area contributed by atoms with Gasteiger partial charge in [0.25, 0.3) is 5.91 Å². The van der Waals surface area contributed by atoms with Crippen molar-refractivity contribution < 1.29 is 9.59 Å². The number of aliphatic imine (C=N–C) groups is 1. The smallest absolute Gasteiger partial charge is 0.303 e. The van der Waals surface area contributed by atoms with Crippen molar-refractivity contribution in [1.82, 2.24) is 9.78 Å². The highest BCUT2D eigenvalue weighted by atomic mass is 32.1. The van der Waals surface area contributed by atoms with Gasteiger partial charge in [-0.05, 0) is 48.6 Å². The summed E-state index contributed by atoms with van der Waals surface area (Å²) in [4.78, 5) is 33.9. The lowest BCUT2D eigenvalue weighted by Gasteiger charge is -2.21. The molecule has 0 spiro atoms. The third-order valence-corrected chi connectivity index (χ3v) is 7.86. The lowest BCUT2D eigenvalue weighted by atomic mass is 9.94. The monoisotopic (exact) mass is 486 g/mol. The van der Waals surface area contributed by atoms with Gasteiger partial charge in [-0.3, -0.25) is 14.3 Å². The summed E-state index contributed by atoms with van der Waals surface area (Å²) in [5.41, 5.74) is 5.21. The molecule has 2 aliphatic heterocycles. The highest BCUT2D eigenvalue weighted by Crippen LogP contribution is 2.40. The number of nitrogens with zero attached hydrogens (tertiary/aromatic N) is 6. The zero-order valence-electron chi connectivity index (χ0n) is 20.6. The molecule has 0 N–H and O–H groups in total. The van der Waals surface area contributed by atoms with Gasteiger partial charge in [-0.25, -0.2) is 4.99 Å². The Morgan fingerprint density at radius 3 is 2.51 bits per heavy atom. The molecule has 178 valence electrons. The Bertz CT molecular complexity index is 1460. The fourth-order valence-electron chi connectivity index (χ4n) is 4.15. The molecule has 35 heavy (non-hydrogen) atoms. The maximum Gasteiger partial charge on any atom is 0.314 e. The molecule has 0 aliphatic carbocycles. The van der Waals surface area contributed by atoms with Crippen molar-refractivity contribution in [2.45, 2.75) is 46.6 Å². The number of azo groups is 1. The molecule has 2 amide bonds. The van der Waals surface area contributed by atoms with Crippen molar-refractivity contribution in [2.24, 2.45) is 22.3 Å². The SMILES string of the molecule is Cc1c(C2=CC(=Nc3cc(C)n(C)n3)C(=O)N=N2)cccc1N1Cc2cc(C(C)(C)C)sc2C1=O. The molecule has 0 atom stereocenters. The average Bonchev–Trinajstić information content (AvgIpc) is 3.44. The third-order valence-electron chi connectivity index (χ3n) is 6.27. The second-order valence-corrected chi connectivity index (χ2v) is 10.9. The van der Waals surface area contributed by atoms with E-state index in [-0.39, 0.29) is 17.0 Å². The van der Waals surface area contributed by atoms with Gasteiger partial charge in [0.1, 0.15) is 5.71 Å².